The summed E-state index contributed by atoms with van der Waals surface area (Å²) in [5.41, 5.74) is -1.53. The summed E-state index contributed by atoms with van der Waals surface area (Å²) in [6, 6.07) is 10.6. The van der Waals surface area contributed by atoms with Gasteiger partial charge in [-0.3, -0.25) is 4.79 Å². The van der Waals surface area contributed by atoms with E-state index in [1.54, 1.807) is 30.3 Å². The molecule has 0 bridgehead atoms. The molecule has 0 aliphatic rings. The zero-order chi connectivity index (χ0) is 20.9. The average molecular weight is 396 g/mol. The van der Waals surface area contributed by atoms with Crippen LogP contribution in [-0.2, 0) is 11.0 Å². The molecule has 2 amide bonds. The highest BCUT2D eigenvalue weighted by atomic mass is 19.4. The minimum Gasteiger partial charge on any atom is -0.481 e. The van der Waals surface area contributed by atoms with E-state index in [0.29, 0.717) is 5.75 Å². The summed E-state index contributed by atoms with van der Waals surface area (Å²) in [5.74, 6) is -1.64. The van der Waals surface area contributed by atoms with E-state index < -0.39 is 35.3 Å². The number of hydrogen-bond acceptors (Lipinski definition) is 3. The number of nitrogens with zero attached hydrogens (tertiary/aromatic N) is 1. The smallest absolute Gasteiger partial charge is 0.418 e. The number of anilines is 1. The van der Waals surface area contributed by atoms with Crippen LogP contribution in [0.3, 0.4) is 0 Å². The molecule has 0 saturated heterocycles. The Morgan fingerprint density at radius 2 is 1.79 bits per heavy atom. The monoisotopic (exact) mass is 396 g/mol. The number of hydrogen-bond donors (Lipinski definition) is 2. The maximum atomic E-state index is 13.4. The van der Waals surface area contributed by atoms with Gasteiger partial charge in [0.25, 0.3) is 0 Å². The summed E-state index contributed by atoms with van der Waals surface area (Å²) in [7, 11) is 1.30. The van der Waals surface area contributed by atoms with Gasteiger partial charge in [-0.15, -0.1) is 0 Å². The zero-order valence-corrected chi connectivity index (χ0v) is 15.2. The van der Waals surface area contributed by atoms with Crippen molar-refractivity contribution in [2.75, 3.05) is 18.9 Å². The third-order valence-corrected chi connectivity index (χ3v) is 3.83. The lowest BCUT2D eigenvalue weighted by Crippen LogP contribution is -2.37. The van der Waals surface area contributed by atoms with Crippen molar-refractivity contribution in [3.63, 3.8) is 0 Å². The second-order valence-electron chi connectivity index (χ2n) is 6.17. The maximum Gasteiger partial charge on any atom is 0.418 e. The van der Waals surface area contributed by atoms with Crippen LogP contribution >= 0.6 is 0 Å². The van der Waals surface area contributed by atoms with Crippen molar-refractivity contribution in [2.24, 2.45) is 5.92 Å². The summed E-state index contributed by atoms with van der Waals surface area (Å²) < 4.78 is 45.7. The third-order valence-electron chi connectivity index (χ3n) is 3.83. The minimum atomic E-state index is -4.73. The van der Waals surface area contributed by atoms with Crippen molar-refractivity contribution < 1.29 is 32.6 Å². The van der Waals surface area contributed by atoms with Crippen molar-refractivity contribution in [3.8, 4) is 11.5 Å². The van der Waals surface area contributed by atoms with E-state index in [-0.39, 0.29) is 12.3 Å². The summed E-state index contributed by atoms with van der Waals surface area (Å²) in [6.45, 7) is 1.24. The lowest BCUT2D eigenvalue weighted by Gasteiger charge is -2.22. The van der Waals surface area contributed by atoms with Crippen LogP contribution in [0.4, 0.5) is 23.7 Å². The Morgan fingerprint density at radius 1 is 1.14 bits per heavy atom. The van der Waals surface area contributed by atoms with E-state index in [1.165, 1.54) is 20.0 Å². The van der Waals surface area contributed by atoms with Crippen molar-refractivity contribution in [1.29, 1.82) is 0 Å². The van der Waals surface area contributed by atoms with Crippen LogP contribution in [0.5, 0.6) is 11.5 Å². The molecule has 0 spiro atoms. The second-order valence-corrected chi connectivity index (χ2v) is 6.17. The summed E-state index contributed by atoms with van der Waals surface area (Å²) in [5, 5.41) is 11.1. The van der Waals surface area contributed by atoms with Crippen molar-refractivity contribution in [3.05, 3.63) is 54.1 Å². The quantitative estimate of drug-likeness (QED) is 0.743. The Balaban J connectivity index is 2.21. The Hall–Kier alpha value is -3.23. The van der Waals surface area contributed by atoms with Crippen LogP contribution in [0.1, 0.15) is 12.5 Å². The van der Waals surface area contributed by atoms with E-state index in [4.69, 9.17) is 9.84 Å². The predicted octanol–water partition coefficient (Wildman–Crippen LogP) is 4.68. The van der Waals surface area contributed by atoms with Gasteiger partial charge in [-0.25, -0.2) is 4.79 Å². The standard InChI is InChI=1S/C19H19F3N2O4/c1-12(17(25)26)11-24(2)18(27)23-16-9-8-14(10-15(16)19(20,21)22)28-13-6-4-3-5-7-13/h3-10,12H,11H2,1-2H3,(H,23,27)(H,25,26). The number of rotatable bonds is 6. The first-order chi connectivity index (χ1) is 13.1. The van der Waals surface area contributed by atoms with Gasteiger partial charge in [0.05, 0.1) is 17.2 Å². The highest BCUT2D eigenvalue weighted by Crippen LogP contribution is 2.38. The number of ether oxygens (including phenoxy) is 1. The molecular formula is C19H19F3N2O4. The van der Waals surface area contributed by atoms with Gasteiger partial charge in [0.2, 0.25) is 0 Å². The van der Waals surface area contributed by atoms with Crippen LogP contribution < -0.4 is 10.1 Å². The summed E-state index contributed by atoms with van der Waals surface area (Å²) in [6.07, 6.45) is -4.73. The number of halogens is 3. The number of alkyl halides is 3. The first-order valence-corrected chi connectivity index (χ1v) is 8.27. The van der Waals surface area contributed by atoms with Crippen LogP contribution in [0.15, 0.2) is 48.5 Å². The van der Waals surface area contributed by atoms with E-state index in [0.717, 1.165) is 17.0 Å². The van der Waals surface area contributed by atoms with Gasteiger partial charge < -0.3 is 20.1 Å². The van der Waals surface area contributed by atoms with Crippen LogP contribution in [0.2, 0.25) is 0 Å². The van der Waals surface area contributed by atoms with E-state index in [1.807, 2.05) is 0 Å². The number of amides is 2. The third kappa shape index (κ3) is 5.63. The zero-order valence-electron chi connectivity index (χ0n) is 15.2. The fraction of sp³-hybridized carbons (Fsp3) is 0.263. The number of nitrogens with one attached hydrogen (secondary N) is 1. The molecule has 0 aromatic heterocycles. The summed E-state index contributed by atoms with van der Waals surface area (Å²) in [4.78, 5) is 24.0. The molecule has 6 nitrogen and oxygen atoms in total. The second kappa shape index (κ2) is 8.64. The topological polar surface area (TPSA) is 78.9 Å². The number of urea groups is 1. The lowest BCUT2D eigenvalue weighted by molar-refractivity contribution is -0.141. The predicted molar refractivity (Wildman–Crippen MR) is 96.4 cm³/mol. The number of carbonyl (C=O) groups is 2. The van der Waals surface area contributed by atoms with Gasteiger partial charge in [-0.1, -0.05) is 25.1 Å². The number of aliphatic carboxylic acids is 1. The SMILES string of the molecule is CC(CN(C)C(=O)Nc1ccc(Oc2ccccc2)cc1C(F)(F)F)C(=O)O. The Morgan fingerprint density at radius 3 is 2.36 bits per heavy atom. The normalized spacial score (nSPS) is 12.2. The molecule has 0 fully saturated rings. The number of benzene rings is 2. The molecule has 2 N–H and O–H groups in total. The van der Waals surface area contributed by atoms with Gasteiger partial charge in [0.15, 0.2) is 0 Å². The van der Waals surface area contributed by atoms with Crippen LogP contribution in [0, 0.1) is 5.92 Å². The van der Waals surface area contributed by atoms with Crippen LogP contribution in [0.25, 0.3) is 0 Å². The highest BCUT2D eigenvalue weighted by molar-refractivity contribution is 5.90. The fourth-order valence-electron chi connectivity index (χ4n) is 2.34. The first kappa shape index (κ1) is 21.1. The molecule has 150 valence electrons. The number of carboxylic acid groups (broad SMARTS) is 1. The van der Waals surface area contributed by atoms with E-state index in [9.17, 15) is 22.8 Å². The number of carboxylic acids is 1. The average Bonchev–Trinajstić information content (AvgIpc) is 2.62. The van der Waals surface area contributed by atoms with Crippen LogP contribution in [-0.4, -0.2) is 35.6 Å². The molecule has 0 saturated carbocycles. The maximum absolute atomic E-state index is 13.4. The Kier molecular flexibility index (Phi) is 6.50. The van der Waals surface area contributed by atoms with Gasteiger partial charge >= 0.3 is 18.2 Å². The molecule has 0 heterocycles. The molecule has 9 heteroatoms. The number of carbonyl (C=O) groups excluding carboxylic acids is 1. The molecule has 0 radical (unpaired) electrons. The first-order valence-electron chi connectivity index (χ1n) is 8.27. The minimum absolute atomic E-state index is 0.0376. The largest absolute Gasteiger partial charge is 0.481 e. The molecule has 28 heavy (non-hydrogen) atoms. The van der Waals surface area contributed by atoms with E-state index >= 15 is 0 Å². The Labute approximate surface area is 159 Å². The molecule has 2 aromatic carbocycles. The molecule has 1 atom stereocenters. The highest BCUT2D eigenvalue weighted by Gasteiger charge is 2.35. The Bertz CT molecular complexity index is 841. The van der Waals surface area contributed by atoms with Gasteiger partial charge in [-0.05, 0) is 30.3 Å². The summed E-state index contributed by atoms with van der Waals surface area (Å²) >= 11 is 0. The van der Waals surface area contributed by atoms with Crippen molar-refractivity contribution in [2.45, 2.75) is 13.1 Å². The van der Waals surface area contributed by atoms with Gasteiger partial charge in [-0.2, -0.15) is 13.2 Å². The fourth-order valence-corrected chi connectivity index (χ4v) is 2.34. The van der Waals surface area contributed by atoms with Crippen molar-refractivity contribution >= 4 is 17.7 Å². The molecule has 2 aromatic rings. The van der Waals surface area contributed by atoms with Crippen molar-refractivity contribution in [1.82, 2.24) is 4.90 Å². The molecule has 0 aliphatic heterocycles. The van der Waals surface area contributed by atoms with Gasteiger partial charge in [0, 0.05) is 13.6 Å². The molecular weight excluding hydrogens is 377 g/mol. The van der Waals surface area contributed by atoms with E-state index in [2.05, 4.69) is 5.32 Å². The lowest BCUT2D eigenvalue weighted by atomic mass is 10.1. The molecule has 2 rings (SSSR count). The molecule has 1 unspecified atom stereocenters. The van der Waals surface area contributed by atoms with Gasteiger partial charge in [0.1, 0.15) is 11.5 Å². The number of para-hydroxylation sites is 1. The molecule has 0 aliphatic carbocycles.